The summed E-state index contributed by atoms with van der Waals surface area (Å²) in [6.45, 7) is 0.233. The van der Waals surface area contributed by atoms with E-state index in [-0.39, 0.29) is 6.61 Å². The normalized spacial score (nSPS) is 11.1. The monoisotopic (exact) mass is 223 g/mol. The lowest BCUT2D eigenvalue weighted by atomic mass is 10.1. The standard InChI is InChI=1S/C12H14ClNO/c1-14-8-9(3-2-6-15)11-7-10(13)4-5-12(11)14/h4-5,7-8,15H,2-3,6H2,1H3. The number of aromatic nitrogens is 1. The van der Waals surface area contributed by atoms with Crippen molar-refractivity contribution in [3.63, 3.8) is 0 Å². The first-order valence-electron chi connectivity index (χ1n) is 5.06. The van der Waals surface area contributed by atoms with Gasteiger partial charge in [-0.3, -0.25) is 0 Å². The molecule has 1 N–H and O–H groups in total. The third kappa shape index (κ3) is 2.01. The molecule has 1 aromatic carbocycles. The minimum Gasteiger partial charge on any atom is -0.396 e. The molecule has 3 heteroatoms. The summed E-state index contributed by atoms with van der Waals surface area (Å²) < 4.78 is 2.10. The Bertz CT molecular complexity index is 476. The van der Waals surface area contributed by atoms with Gasteiger partial charge in [-0.05, 0) is 36.6 Å². The number of halogens is 1. The molecule has 15 heavy (non-hydrogen) atoms. The summed E-state index contributed by atoms with van der Waals surface area (Å²) in [5.41, 5.74) is 2.44. The van der Waals surface area contributed by atoms with E-state index in [9.17, 15) is 0 Å². The predicted molar refractivity (Wildman–Crippen MR) is 63.3 cm³/mol. The molecule has 0 fully saturated rings. The van der Waals surface area contributed by atoms with Crippen LogP contribution in [0.25, 0.3) is 10.9 Å². The molecule has 0 amide bonds. The number of aryl methyl sites for hydroxylation is 2. The summed E-state index contributed by atoms with van der Waals surface area (Å²) in [7, 11) is 2.03. The van der Waals surface area contributed by atoms with E-state index in [1.54, 1.807) is 0 Å². The largest absolute Gasteiger partial charge is 0.396 e. The quantitative estimate of drug-likeness (QED) is 0.851. The predicted octanol–water partition coefficient (Wildman–Crippen LogP) is 2.76. The van der Waals surface area contributed by atoms with Crippen LogP contribution in [-0.4, -0.2) is 16.3 Å². The lowest BCUT2D eigenvalue weighted by molar-refractivity contribution is 0.288. The van der Waals surface area contributed by atoms with E-state index < -0.39 is 0 Å². The van der Waals surface area contributed by atoms with Gasteiger partial charge in [0.2, 0.25) is 0 Å². The molecule has 0 bridgehead atoms. The number of aliphatic hydroxyl groups is 1. The molecule has 0 spiro atoms. The number of aliphatic hydroxyl groups excluding tert-OH is 1. The number of hydrogen-bond acceptors (Lipinski definition) is 1. The number of hydrogen-bond donors (Lipinski definition) is 1. The Kier molecular flexibility index (Phi) is 2.98. The highest BCUT2D eigenvalue weighted by Gasteiger charge is 2.06. The highest BCUT2D eigenvalue weighted by molar-refractivity contribution is 6.31. The molecule has 0 radical (unpaired) electrons. The maximum atomic E-state index is 8.83. The van der Waals surface area contributed by atoms with Gasteiger partial charge < -0.3 is 9.67 Å². The first-order valence-corrected chi connectivity index (χ1v) is 5.44. The van der Waals surface area contributed by atoms with Gasteiger partial charge in [0.15, 0.2) is 0 Å². The van der Waals surface area contributed by atoms with Crippen molar-refractivity contribution in [2.45, 2.75) is 12.8 Å². The summed E-state index contributed by atoms with van der Waals surface area (Å²) in [6, 6.07) is 5.92. The van der Waals surface area contributed by atoms with E-state index in [2.05, 4.69) is 10.8 Å². The van der Waals surface area contributed by atoms with Crippen LogP contribution in [0.2, 0.25) is 5.02 Å². The molecular formula is C12H14ClNO. The van der Waals surface area contributed by atoms with Gasteiger partial charge in [-0.15, -0.1) is 0 Å². The fraction of sp³-hybridized carbons (Fsp3) is 0.333. The van der Waals surface area contributed by atoms with Crippen LogP contribution >= 0.6 is 11.6 Å². The van der Waals surface area contributed by atoms with Crippen LogP contribution < -0.4 is 0 Å². The van der Waals surface area contributed by atoms with E-state index in [0.717, 1.165) is 17.9 Å². The van der Waals surface area contributed by atoms with Crippen LogP contribution in [0, 0.1) is 0 Å². The van der Waals surface area contributed by atoms with Gasteiger partial charge in [0, 0.05) is 35.8 Å². The minimum atomic E-state index is 0.233. The molecule has 2 rings (SSSR count). The van der Waals surface area contributed by atoms with E-state index in [1.807, 2.05) is 25.2 Å². The number of fused-ring (bicyclic) bond motifs is 1. The molecule has 0 aliphatic rings. The van der Waals surface area contributed by atoms with E-state index in [1.165, 1.54) is 16.5 Å². The second-order valence-electron chi connectivity index (χ2n) is 3.75. The van der Waals surface area contributed by atoms with Crippen LogP contribution in [-0.2, 0) is 13.5 Å². The van der Waals surface area contributed by atoms with Crippen molar-refractivity contribution in [1.82, 2.24) is 4.57 Å². The first kappa shape index (κ1) is 10.5. The lowest BCUT2D eigenvalue weighted by Gasteiger charge is -1.97. The molecule has 0 aliphatic carbocycles. The maximum absolute atomic E-state index is 8.83. The van der Waals surface area contributed by atoms with Crippen LogP contribution in [0.3, 0.4) is 0 Å². The van der Waals surface area contributed by atoms with Gasteiger partial charge in [0.25, 0.3) is 0 Å². The Morgan fingerprint density at radius 1 is 1.40 bits per heavy atom. The molecule has 0 aliphatic heterocycles. The molecular weight excluding hydrogens is 210 g/mol. The Balaban J connectivity index is 2.49. The van der Waals surface area contributed by atoms with Crippen molar-refractivity contribution in [3.8, 4) is 0 Å². The zero-order valence-corrected chi connectivity index (χ0v) is 9.46. The number of benzene rings is 1. The van der Waals surface area contributed by atoms with Crippen LogP contribution in [0.1, 0.15) is 12.0 Å². The van der Waals surface area contributed by atoms with Crippen LogP contribution in [0.15, 0.2) is 24.4 Å². The zero-order valence-electron chi connectivity index (χ0n) is 8.70. The minimum absolute atomic E-state index is 0.233. The second-order valence-corrected chi connectivity index (χ2v) is 4.19. The summed E-state index contributed by atoms with van der Waals surface area (Å²) >= 11 is 5.98. The summed E-state index contributed by atoms with van der Waals surface area (Å²) in [4.78, 5) is 0. The molecule has 80 valence electrons. The smallest absolute Gasteiger partial charge is 0.0481 e. The molecule has 2 aromatic rings. The zero-order chi connectivity index (χ0) is 10.8. The fourth-order valence-corrected chi connectivity index (χ4v) is 2.09. The van der Waals surface area contributed by atoms with Crippen molar-refractivity contribution in [1.29, 1.82) is 0 Å². The summed E-state index contributed by atoms with van der Waals surface area (Å²) in [6.07, 6.45) is 3.80. The highest BCUT2D eigenvalue weighted by atomic mass is 35.5. The second kappa shape index (κ2) is 4.25. The van der Waals surface area contributed by atoms with Gasteiger partial charge in [-0.1, -0.05) is 11.6 Å². The summed E-state index contributed by atoms with van der Waals surface area (Å²) in [5.74, 6) is 0. The van der Waals surface area contributed by atoms with E-state index in [4.69, 9.17) is 16.7 Å². The third-order valence-electron chi connectivity index (χ3n) is 2.64. The molecule has 1 aromatic heterocycles. The lowest BCUT2D eigenvalue weighted by Crippen LogP contribution is -1.88. The average Bonchev–Trinajstić information content (AvgIpc) is 2.52. The molecule has 0 saturated carbocycles. The van der Waals surface area contributed by atoms with Crippen molar-refractivity contribution < 1.29 is 5.11 Å². The molecule has 0 unspecified atom stereocenters. The molecule has 0 atom stereocenters. The van der Waals surface area contributed by atoms with Gasteiger partial charge >= 0.3 is 0 Å². The van der Waals surface area contributed by atoms with Gasteiger partial charge in [0.05, 0.1) is 0 Å². The van der Waals surface area contributed by atoms with Crippen molar-refractivity contribution in [2.75, 3.05) is 6.61 Å². The molecule has 2 nitrogen and oxygen atoms in total. The Hall–Kier alpha value is -0.990. The van der Waals surface area contributed by atoms with Crippen LogP contribution in [0.4, 0.5) is 0 Å². The highest BCUT2D eigenvalue weighted by Crippen LogP contribution is 2.25. The number of rotatable bonds is 3. The maximum Gasteiger partial charge on any atom is 0.0481 e. The van der Waals surface area contributed by atoms with Crippen LogP contribution in [0.5, 0.6) is 0 Å². The Morgan fingerprint density at radius 2 is 2.20 bits per heavy atom. The Labute approximate surface area is 94.1 Å². The molecule has 0 saturated heterocycles. The van der Waals surface area contributed by atoms with Crippen molar-refractivity contribution in [2.24, 2.45) is 7.05 Å². The number of nitrogens with zero attached hydrogens (tertiary/aromatic N) is 1. The SMILES string of the molecule is Cn1cc(CCCO)c2cc(Cl)ccc21. The van der Waals surface area contributed by atoms with Gasteiger partial charge in [-0.25, -0.2) is 0 Å². The molecule has 1 heterocycles. The Morgan fingerprint density at radius 3 is 2.93 bits per heavy atom. The first-order chi connectivity index (χ1) is 7.22. The average molecular weight is 224 g/mol. The third-order valence-corrected chi connectivity index (χ3v) is 2.87. The fourth-order valence-electron chi connectivity index (χ4n) is 1.91. The van der Waals surface area contributed by atoms with E-state index in [0.29, 0.717) is 0 Å². The van der Waals surface area contributed by atoms with Crippen molar-refractivity contribution >= 4 is 22.5 Å². The summed E-state index contributed by atoms with van der Waals surface area (Å²) in [5, 5.41) is 10.8. The van der Waals surface area contributed by atoms with Gasteiger partial charge in [-0.2, -0.15) is 0 Å². The topological polar surface area (TPSA) is 25.2 Å². The van der Waals surface area contributed by atoms with E-state index >= 15 is 0 Å². The van der Waals surface area contributed by atoms with Crippen molar-refractivity contribution in [3.05, 3.63) is 35.0 Å². The van der Waals surface area contributed by atoms with Gasteiger partial charge in [0.1, 0.15) is 0 Å².